The molecule has 0 saturated heterocycles. The van der Waals surface area contributed by atoms with Crippen LogP contribution < -0.4 is 10.6 Å². The van der Waals surface area contributed by atoms with Gasteiger partial charge in [-0.1, -0.05) is 35.4 Å². The number of amides is 1. The second-order valence-corrected chi connectivity index (χ2v) is 8.42. The smallest absolute Gasteiger partial charge is 0.231 e. The van der Waals surface area contributed by atoms with Crippen LogP contribution in [0.5, 0.6) is 0 Å². The molecule has 0 atom stereocenters. The lowest BCUT2D eigenvalue weighted by Crippen LogP contribution is -2.30. The lowest BCUT2D eigenvalue weighted by Gasteiger charge is -2.18. The number of hydrogen-bond acceptors (Lipinski definition) is 4. The number of nitrogens with zero attached hydrogens (tertiary/aromatic N) is 4. The zero-order valence-electron chi connectivity index (χ0n) is 18.0. The van der Waals surface area contributed by atoms with Gasteiger partial charge in [-0.25, -0.2) is 9.97 Å². The van der Waals surface area contributed by atoms with Gasteiger partial charge in [-0.3, -0.25) is 4.79 Å². The maximum atomic E-state index is 13.1. The van der Waals surface area contributed by atoms with Crippen LogP contribution in [0.2, 0.25) is 0 Å². The van der Waals surface area contributed by atoms with Crippen molar-refractivity contribution in [2.24, 2.45) is 7.05 Å². The van der Waals surface area contributed by atoms with E-state index in [1.54, 1.807) is 0 Å². The first-order valence-corrected chi connectivity index (χ1v) is 10.5. The quantitative estimate of drug-likeness (QED) is 0.553. The Bertz CT molecular complexity index is 1320. The number of rotatable bonds is 3. The minimum Gasteiger partial charge on any atom is -0.383 e. The number of nitrogen functional groups attached to an aromatic ring is 1. The zero-order valence-corrected chi connectivity index (χ0v) is 18.0. The van der Waals surface area contributed by atoms with Gasteiger partial charge in [-0.2, -0.15) is 0 Å². The zero-order chi connectivity index (χ0) is 21.7. The number of benzene rings is 2. The van der Waals surface area contributed by atoms with Crippen LogP contribution in [0.3, 0.4) is 0 Å². The lowest BCUT2D eigenvalue weighted by molar-refractivity contribution is -0.117. The molecule has 0 radical (unpaired) electrons. The second kappa shape index (κ2) is 7.23. The normalized spacial score (nSPS) is 13.1. The minimum absolute atomic E-state index is 0.138. The Morgan fingerprint density at radius 1 is 1.10 bits per heavy atom. The minimum atomic E-state index is 0.138. The summed E-state index contributed by atoms with van der Waals surface area (Å²) in [4.78, 5) is 23.5. The fourth-order valence-corrected chi connectivity index (χ4v) is 4.72. The first-order valence-electron chi connectivity index (χ1n) is 10.5. The molecule has 6 nitrogen and oxygen atoms in total. The molecule has 156 valence electrons. The molecule has 4 aromatic rings. The summed E-state index contributed by atoms with van der Waals surface area (Å²) in [5, 5.41) is 0.866. The molecule has 0 bridgehead atoms. The number of hydrogen-bond donors (Lipinski definition) is 1. The van der Waals surface area contributed by atoms with E-state index in [-0.39, 0.29) is 5.91 Å². The third kappa shape index (κ3) is 3.34. The van der Waals surface area contributed by atoms with E-state index in [0.717, 1.165) is 39.8 Å². The van der Waals surface area contributed by atoms with Crippen molar-refractivity contribution in [1.29, 1.82) is 0 Å². The van der Waals surface area contributed by atoms with Crippen LogP contribution in [-0.2, 0) is 24.7 Å². The first kappa shape index (κ1) is 19.3. The number of nitrogens with two attached hydrogens (primary N) is 1. The van der Waals surface area contributed by atoms with Gasteiger partial charge in [0.1, 0.15) is 17.8 Å². The van der Waals surface area contributed by atoms with Crippen molar-refractivity contribution in [3.8, 4) is 11.1 Å². The monoisotopic (exact) mass is 411 g/mol. The molecule has 0 aliphatic carbocycles. The summed E-state index contributed by atoms with van der Waals surface area (Å²) in [5.74, 6) is 0.616. The van der Waals surface area contributed by atoms with Gasteiger partial charge in [-0.05, 0) is 49.1 Å². The topological polar surface area (TPSA) is 77.0 Å². The largest absolute Gasteiger partial charge is 0.383 e. The van der Waals surface area contributed by atoms with Crippen molar-refractivity contribution in [2.45, 2.75) is 26.7 Å². The van der Waals surface area contributed by atoms with Gasteiger partial charge in [0.15, 0.2) is 0 Å². The molecule has 2 N–H and O–H groups in total. The SMILES string of the molecule is Cc1cc(C)cc(CC(=O)N2CCc3cc(-c4cn(C)c5ncnc(N)c45)ccc32)c1. The van der Waals surface area contributed by atoms with Crippen molar-refractivity contribution in [1.82, 2.24) is 14.5 Å². The van der Waals surface area contributed by atoms with E-state index in [2.05, 4.69) is 60.2 Å². The van der Waals surface area contributed by atoms with E-state index in [1.165, 1.54) is 23.0 Å². The van der Waals surface area contributed by atoms with E-state index >= 15 is 0 Å². The third-order valence-electron chi connectivity index (χ3n) is 6.01. The molecule has 0 unspecified atom stereocenters. The Kier molecular flexibility index (Phi) is 4.50. The summed E-state index contributed by atoms with van der Waals surface area (Å²) in [7, 11) is 1.96. The molecule has 1 amide bonds. The highest BCUT2D eigenvalue weighted by Crippen LogP contribution is 2.37. The van der Waals surface area contributed by atoms with Crippen LogP contribution in [0.25, 0.3) is 22.2 Å². The van der Waals surface area contributed by atoms with E-state index in [4.69, 9.17) is 5.73 Å². The highest BCUT2D eigenvalue weighted by atomic mass is 16.2. The molecule has 31 heavy (non-hydrogen) atoms. The predicted molar refractivity (Wildman–Crippen MR) is 124 cm³/mol. The van der Waals surface area contributed by atoms with Gasteiger partial charge in [0.05, 0.1) is 11.8 Å². The van der Waals surface area contributed by atoms with Gasteiger partial charge < -0.3 is 15.2 Å². The molecule has 6 heteroatoms. The number of carbonyl (C=O) groups is 1. The summed E-state index contributed by atoms with van der Waals surface area (Å²) >= 11 is 0. The van der Waals surface area contributed by atoms with Gasteiger partial charge in [0, 0.05) is 31.0 Å². The number of anilines is 2. The molecule has 0 saturated carbocycles. The summed E-state index contributed by atoms with van der Waals surface area (Å²) in [6.07, 6.45) is 4.79. The van der Waals surface area contributed by atoms with Gasteiger partial charge in [-0.15, -0.1) is 0 Å². The van der Waals surface area contributed by atoms with E-state index in [9.17, 15) is 4.79 Å². The van der Waals surface area contributed by atoms with Crippen LogP contribution in [-0.4, -0.2) is 27.0 Å². The van der Waals surface area contributed by atoms with E-state index in [0.29, 0.717) is 18.8 Å². The summed E-state index contributed by atoms with van der Waals surface area (Å²) < 4.78 is 1.97. The van der Waals surface area contributed by atoms with Crippen LogP contribution in [0.1, 0.15) is 22.3 Å². The Hall–Kier alpha value is -3.67. The molecule has 0 fully saturated rings. The van der Waals surface area contributed by atoms with Crippen LogP contribution in [0.15, 0.2) is 48.9 Å². The molecule has 0 spiro atoms. The Morgan fingerprint density at radius 2 is 1.87 bits per heavy atom. The van der Waals surface area contributed by atoms with Gasteiger partial charge in [0.25, 0.3) is 0 Å². The van der Waals surface area contributed by atoms with Crippen LogP contribution >= 0.6 is 0 Å². The Morgan fingerprint density at radius 3 is 2.65 bits per heavy atom. The highest BCUT2D eigenvalue weighted by molar-refractivity contribution is 6.02. The number of aromatic nitrogens is 3. The predicted octanol–water partition coefficient (Wildman–Crippen LogP) is 3.97. The maximum Gasteiger partial charge on any atom is 0.231 e. The Labute approximate surface area is 181 Å². The van der Waals surface area contributed by atoms with Gasteiger partial charge >= 0.3 is 0 Å². The number of fused-ring (bicyclic) bond motifs is 2. The average molecular weight is 412 g/mol. The van der Waals surface area contributed by atoms with Crippen molar-refractivity contribution in [3.05, 3.63) is 71.2 Å². The fourth-order valence-electron chi connectivity index (χ4n) is 4.72. The fraction of sp³-hybridized carbons (Fsp3) is 0.240. The standard InChI is InChI=1S/C25H25N5O/c1-15-8-16(2)10-17(9-15)11-22(31)30-7-6-19-12-18(4-5-21(19)30)20-13-29(3)25-23(20)24(26)27-14-28-25/h4-5,8-10,12-14H,6-7,11H2,1-3H3,(H2,26,27,28). The number of carbonyl (C=O) groups excluding carboxylic acids is 1. The van der Waals surface area contributed by atoms with Crippen LogP contribution in [0.4, 0.5) is 11.5 Å². The van der Waals surface area contributed by atoms with E-state index in [1.807, 2.05) is 22.7 Å². The molecular formula is C25H25N5O. The maximum absolute atomic E-state index is 13.1. The molecule has 1 aliphatic rings. The van der Waals surface area contributed by atoms with Crippen molar-refractivity contribution >= 4 is 28.4 Å². The summed E-state index contributed by atoms with van der Waals surface area (Å²) in [6.45, 7) is 4.85. The summed E-state index contributed by atoms with van der Waals surface area (Å²) in [5.41, 5.74) is 14.7. The molecular weight excluding hydrogens is 386 g/mol. The third-order valence-corrected chi connectivity index (χ3v) is 6.01. The number of aryl methyl sites for hydroxylation is 3. The average Bonchev–Trinajstić information content (AvgIpc) is 3.29. The van der Waals surface area contributed by atoms with Crippen molar-refractivity contribution < 1.29 is 4.79 Å². The molecule has 1 aliphatic heterocycles. The second-order valence-electron chi connectivity index (χ2n) is 8.42. The van der Waals surface area contributed by atoms with Crippen LogP contribution in [0, 0.1) is 13.8 Å². The van der Waals surface area contributed by atoms with Gasteiger partial charge in [0.2, 0.25) is 5.91 Å². The van der Waals surface area contributed by atoms with Crippen molar-refractivity contribution in [2.75, 3.05) is 17.2 Å². The highest BCUT2D eigenvalue weighted by Gasteiger charge is 2.25. The summed E-state index contributed by atoms with van der Waals surface area (Å²) in [6, 6.07) is 12.6. The van der Waals surface area contributed by atoms with E-state index < -0.39 is 0 Å². The first-order chi connectivity index (χ1) is 14.9. The Balaban J connectivity index is 1.46. The molecule has 2 aromatic carbocycles. The molecule has 3 heterocycles. The molecule has 5 rings (SSSR count). The lowest BCUT2D eigenvalue weighted by atomic mass is 10.0. The van der Waals surface area contributed by atoms with Crippen molar-refractivity contribution in [3.63, 3.8) is 0 Å². The molecule has 2 aromatic heterocycles.